The van der Waals surface area contributed by atoms with Crippen molar-refractivity contribution in [2.75, 3.05) is 19.8 Å². The average Bonchev–Trinajstić information content (AvgIpc) is 3.21. The summed E-state index contributed by atoms with van der Waals surface area (Å²) in [5, 5.41) is 51.4. The second-order valence-electron chi connectivity index (χ2n) is 9.68. The maximum Gasteiger partial charge on any atom is 0.331 e. The molecule has 16 heteroatoms. The van der Waals surface area contributed by atoms with Crippen LogP contribution in [0.5, 0.6) is 5.75 Å². The lowest BCUT2D eigenvalue weighted by atomic mass is 9.98. The molecule has 0 aromatic heterocycles. The maximum absolute atomic E-state index is 12.7. The zero-order chi connectivity index (χ0) is 31.9. The van der Waals surface area contributed by atoms with Crippen LogP contribution in [0.1, 0.15) is 26.3 Å². The zero-order valence-electron chi connectivity index (χ0n) is 23.4. The lowest BCUT2D eigenvalue weighted by molar-refractivity contribution is -0.383. The van der Waals surface area contributed by atoms with Crippen LogP contribution in [0.2, 0.25) is 0 Å². The molecular formula is C27H34O16. The van der Waals surface area contributed by atoms with E-state index in [0.29, 0.717) is 5.56 Å². The Morgan fingerprint density at radius 2 is 1.51 bits per heavy atom. The largest absolute Gasteiger partial charge is 0.508 e. The maximum atomic E-state index is 12.7. The van der Waals surface area contributed by atoms with Crippen LogP contribution in [0, 0.1) is 0 Å². The van der Waals surface area contributed by atoms with Crippen LogP contribution in [0.4, 0.5) is 0 Å². The van der Waals surface area contributed by atoms with Crippen molar-refractivity contribution in [2.24, 2.45) is 0 Å². The molecular weight excluding hydrogens is 580 g/mol. The molecule has 0 radical (unpaired) electrons. The van der Waals surface area contributed by atoms with Gasteiger partial charge in [0.05, 0.1) is 6.61 Å². The quantitative estimate of drug-likeness (QED) is 0.106. The van der Waals surface area contributed by atoms with Gasteiger partial charge in [-0.15, -0.1) is 0 Å². The van der Waals surface area contributed by atoms with Crippen molar-refractivity contribution in [2.45, 2.75) is 75.6 Å². The van der Waals surface area contributed by atoms with E-state index in [2.05, 4.69) is 0 Å². The molecule has 1 aromatic rings. The molecule has 3 rings (SSSR count). The second kappa shape index (κ2) is 14.7. The molecule has 0 bridgehead atoms. The first-order valence-electron chi connectivity index (χ1n) is 13.0. The highest BCUT2D eigenvalue weighted by atomic mass is 16.8. The second-order valence-corrected chi connectivity index (χ2v) is 9.68. The highest BCUT2D eigenvalue weighted by molar-refractivity contribution is 5.87. The summed E-state index contributed by atoms with van der Waals surface area (Å²) in [5.41, 5.74) is 0.507. The molecule has 0 unspecified atom stereocenters. The van der Waals surface area contributed by atoms with Crippen LogP contribution in [0.25, 0.3) is 6.08 Å². The molecule has 2 aliphatic rings. The van der Waals surface area contributed by atoms with Crippen molar-refractivity contribution in [3.63, 3.8) is 0 Å². The fourth-order valence-electron chi connectivity index (χ4n) is 4.51. The van der Waals surface area contributed by atoms with E-state index in [9.17, 15) is 44.7 Å². The number of aliphatic hydroxyl groups is 4. The highest BCUT2D eigenvalue weighted by Gasteiger charge is 2.61. The predicted octanol–water partition coefficient (Wildman–Crippen LogP) is -1.71. The minimum absolute atomic E-state index is 0.00297. The van der Waals surface area contributed by atoms with Gasteiger partial charge in [0, 0.05) is 26.8 Å². The molecule has 1 aromatic carbocycles. The molecule has 0 spiro atoms. The first-order chi connectivity index (χ1) is 20.3. The molecule has 2 aliphatic heterocycles. The lowest BCUT2D eigenvalue weighted by Gasteiger charge is -2.45. The molecule has 43 heavy (non-hydrogen) atoms. The van der Waals surface area contributed by atoms with E-state index >= 15 is 0 Å². The number of hydrogen-bond acceptors (Lipinski definition) is 16. The molecule has 5 N–H and O–H groups in total. The Balaban J connectivity index is 1.91. The minimum atomic E-state index is -2.46. The molecule has 9 atom stereocenters. The van der Waals surface area contributed by atoms with Crippen LogP contribution in [-0.4, -0.2) is 124 Å². The number of phenols is 1. The predicted molar refractivity (Wildman–Crippen MR) is 138 cm³/mol. The summed E-state index contributed by atoms with van der Waals surface area (Å²) in [6.07, 6.45) is -11.1. The van der Waals surface area contributed by atoms with Gasteiger partial charge in [-0.2, -0.15) is 0 Å². The number of rotatable bonds is 11. The first-order valence-corrected chi connectivity index (χ1v) is 13.0. The molecule has 0 amide bonds. The summed E-state index contributed by atoms with van der Waals surface area (Å²) in [7, 11) is 0. The molecule has 0 saturated carbocycles. The summed E-state index contributed by atoms with van der Waals surface area (Å²) in [5.74, 6) is -5.98. The van der Waals surface area contributed by atoms with Gasteiger partial charge in [-0.05, 0) is 23.8 Å². The third kappa shape index (κ3) is 8.47. The number of benzene rings is 1. The molecule has 2 heterocycles. The smallest absolute Gasteiger partial charge is 0.331 e. The van der Waals surface area contributed by atoms with E-state index in [-0.39, 0.29) is 5.75 Å². The van der Waals surface area contributed by atoms with Crippen molar-refractivity contribution in [1.82, 2.24) is 0 Å². The number of hydrogen-bond donors (Lipinski definition) is 5. The Labute approximate surface area is 245 Å². The normalized spacial score (nSPS) is 32.3. The summed E-state index contributed by atoms with van der Waals surface area (Å²) >= 11 is 0. The molecule has 2 saturated heterocycles. The van der Waals surface area contributed by atoms with Crippen LogP contribution in [0.3, 0.4) is 0 Å². The van der Waals surface area contributed by atoms with Gasteiger partial charge in [0.1, 0.15) is 43.4 Å². The number of phenolic OH excluding ortho intramolecular Hbond substituents is 1. The zero-order valence-corrected chi connectivity index (χ0v) is 23.4. The Morgan fingerprint density at radius 1 is 0.884 bits per heavy atom. The molecule has 0 aliphatic carbocycles. The van der Waals surface area contributed by atoms with Gasteiger partial charge in [0.2, 0.25) is 5.79 Å². The van der Waals surface area contributed by atoms with E-state index < -0.39 is 98.5 Å². The van der Waals surface area contributed by atoms with Crippen LogP contribution in [-0.2, 0) is 52.3 Å². The Bertz CT molecular complexity index is 1170. The summed E-state index contributed by atoms with van der Waals surface area (Å²) in [6, 6.07) is 5.78. The van der Waals surface area contributed by atoms with Gasteiger partial charge in [-0.1, -0.05) is 12.1 Å². The van der Waals surface area contributed by atoms with Gasteiger partial charge in [0.25, 0.3) is 0 Å². The standard InChI is InChI=1S/C27H34O16/c1-13(30)37-11-19-23(38-14(2)31)24(39-15(3)32)22(36)26(40-19)43-27(12-29)25(21(35)18(10-28)42-27)41-20(34)9-6-16-4-7-17(33)8-5-16/h4-9,18-19,21-26,28-29,33,35-36H,10-12H2,1-3H3/b9-6+/t18-,19-,21-,22-,23-,24-,25+,26-,27+/m1/s1. The van der Waals surface area contributed by atoms with Crippen molar-refractivity contribution >= 4 is 30.0 Å². The Hall–Kier alpha value is -3.64. The monoisotopic (exact) mass is 614 g/mol. The van der Waals surface area contributed by atoms with Crippen molar-refractivity contribution in [3.05, 3.63) is 35.9 Å². The number of aliphatic hydroxyl groups excluding tert-OH is 4. The number of carbonyl (C=O) groups excluding carboxylic acids is 4. The van der Waals surface area contributed by atoms with Gasteiger partial charge >= 0.3 is 23.9 Å². The van der Waals surface area contributed by atoms with Crippen LogP contribution >= 0.6 is 0 Å². The number of ether oxygens (including phenoxy) is 7. The van der Waals surface area contributed by atoms with E-state index in [4.69, 9.17) is 33.2 Å². The number of aromatic hydroxyl groups is 1. The summed E-state index contributed by atoms with van der Waals surface area (Å²) in [6.45, 7) is 0.663. The van der Waals surface area contributed by atoms with Crippen LogP contribution in [0.15, 0.2) is 30.3 Å². The Kier molecular flexibility index (Phi) is 11.6. The third-order valence-electron chi connectivity index (χ3n) is 6.41. The number of carbonyl (C=O) groups is 4. The molecule has 238 valence electrons. The van der Waals surface area contributed by atoms with Crippen molar-refractivity contribution in [1.29, 1.82) is 0 Å². The van der Waals surface area contributed by atoms with Gasteiger partial charge in [0.15, 0.2) is 24.6 Å². The van der Waals surface area contributed by atoms with E-state index in [1.807, 2.05) is 0 Å². The van der Waals surface area contributed by atoms with Gasteiger partial charge in [-0.25, -0.2) is 4.79 Å². The average molecular weight is 615 g/mol. The molecule has 2 fully saturated rings. The third-order valence-corrected chi connectivity index (χ3v) is 6.41. The topological polar surface area (TPSA) is 234 Å². The summed E-state index contributed by atoms with van der Waals surface area (Å²) in [4.78, 5) is 47.8. The van der Waals surface area contributed by atoms with E-state index in [1.165, 1.54) is 30.3 Å². The van der Waals surface area contributed by atoms with Gasteiger partial charge < -0.3 is 58.7 Å². The fourth-order valence-corrected chi connectivity index (χ4v) is 4.51. The lowest BCUT2D eigenvalue weighted by Crippen LogP contribution is -2.64. The summed E-state index contributed by atoms with van der Waals surface area (Å²) < 4.78 is 37.7. The van der Waals surface area contributed by atoms with Crippen LogP contribution < -0.4 is 0 Å². The SMILES string of the molecule is CC(=O)OC[C@H]1O[C@H](O[C@]2(CO)O[C@H](CO)[C@@H](O)[C@@H]2OC(=O)/C=C/c2ccc(O)cc2)[C@H](O)[C@@H](OC(C)=O)[C@@H]1OC(C)=O. The number of esters is 4. The fraction of sp³-hybridized carbons (Fsp3) is 0.556. The van der Waals surface area contributed by atoms with Crippen molar-refractivity contribution in [3.8, 4) is 5.75 Å². The first kappa shape index (κ1) is 33.9. The highest BCUT2D eigenvalue weighted by Crippen LogP contribution is 2.38. The van der Waals surface area contributed by atoms with E-state index in [1.54, 1.807) is 0 Å². The Morgan fingerprint density at radius 3 is 2.07 bits per heavy atom. The van der Waals surface area contributed by atoms with Crippen molar-refractivity contribution < 1.29 is 77.9 Å². The minimum Gasteiger partial charge on any atom is -0.508 e. The van der Waals surface area contributed by atoms with E-state index in [0.717, 1.165) is 26.8 Å². The van der Waals surface area contributed by atoms with Gasteiger partial charge in [-0.3, -0.25) is 14.4 Å². The molecule has 16 nitrogen and oxygen atoms in total.